The molecule has 0 aromatic heterocycles. The Hall–Kier alpha value is -1.10. The highest BCUT2D eigenvalue weighted by molar-refractivity contribution is 5.89. The summed E-state index contributed by atoms with van der Waals surface area (Å²) in [6.45, 7) is 5.22. The maximum atomic E-state index is 12.4. The van der Waals surface area contributed by atoms with Gasteiger partial charge in [-0.1, -0.05) is 0 Å². The van der Waals surface area contributed by atoms with Crippen molar-refractivity contribution in [2.75, 3.05) is 19.7 Å². The molecule has 18 heavy (non-hydrogen) atoms. The van der Waals surface area contributed by atoms with Gasteiger partial charge in [0.05, 0.1) is 18.6 Å². The Kier molecular flexibility index (Phi) is 3.90. The van der Waals surface area contributed by atoms with Gasteiger partial charge in [-0.15, -0.1) is 0 Å². The number of aliphatic hydroxyl groups excluding tert-OH is 1. The number of hydrogen-bond acceptors (Lipinski definition) is 3. The molecule has 1 N–H and O–H groups in total. The van der Waals surface area contributed by atoms with E-state index in [4.69, 9.17) is 0 Å². The molecule has 2 aliphatic rings. The molecule has 2 fully saturated rings. The first-order chi connectivity index (χ1) is 8.54. The van der Waals surface area contributed by atoms with Gasteiger partial charge in [0.2, 0.25) is 11.8 Å². The zero-order valence-electron chi connectivity index (χ0n) is 11.1. The summed E-state index contributed by atoms with van der Waals surface area (Å²) in [6, 6.07) is 0.114. The lowest BCUT2D eigenvalue weighted by atomic mass is 10.1. The summed E-state index contributed by atoms with van der Waals surface area (Å²) in [7, 11) is 0. The van der Waals surface area contributed by atoms with Crippen molar-refractivity contribution in [1.82, 2.24) is 9.80 Å². The van der Waals surface area contributed by atoms with E-state index in [-0.39, 0.29) is 36.4 Å². The van der Waals surface area contributed by atoms with Crippen molar-refractivity contribution in [1.29, 1.82) is 0 Å². The molecular weight excluding hydrogens is 232 g/mol. The van der Waals surface area contributed by atoms with Crippen LogP contribution in [0.3, 0.4) is 0 Å². The van der Waals surface area contributed by atoms with Crippen LogP contribution in [0, 0.1) is 5.92 Å². The van der Waals surface area contributed by atoms with Gasteiger partial charge in [0.1, 0.15) is 0 Å². The van der Waals surface area contributed by atoms with E-state index in [1.807, 2.05) is 13.8 Å². The van der Waals surface area contributed by atoms with Crippen molar-refractivity contribution in [2.45, 2.75) is 45.2 Å². The zero-order chi connectivity index (χ0) is 13.3. The summed E-state index contributed by atoms with van der Waals surface area (Å²) in [4.78, 5) is 27.7. The molecule has 5 nitrogen and oxygen atoms in total. The molecule has 2 aliphatic heterocycles. The third-order valence-electron chi connectivity index (χ3n) is 4.00. The van der Waals surface area contributed by atoms with Crippen LogP contribution in [-0.2, 0) is 9.59 Å². The van der Waals surface area contributed by atoms with Gasteiger partial charge in [-0.3, -0.25) is 9.59 Å². The highest BCUT2D eigenvalue weighted by Gasteiger charge is 2.40. The van der Waals surface area contributed by atoms with Crippen molar-refractivity contribution in [3.05, 3.63) is 0 Å². The molecule has 5 heteroatoms. The number of carbonyl (C=O) groups excluding carboxylic acids is 2. The van der Waals surface area contributed by atoms with Crippen LogP contribution in [0.5, 0.6) is 0 Å². The van der Waals surface area contributed by atoms with Gasteiger partial charge in [-0.2, -0.15) is 0 Å². The van der Waals surface area contributed by atoms with Crippen LogP contribution in [0.15, 0.2) is 0 Å². The first-order valence-corrected chi connectivity index (χ1v) is 6.75. The van der Waals surface area contributed by atoms with Crippen molar-refractivity contribution in [3.63, 3.8) is 0 Å². The topological polar surface area (TPSA) is 60.9 Å². The molecule has 2 rings (SSSR count). The van der Waals surface area contributed by atoms with Crippen LogP contribution < -0.4 is 0 Å². The number of amides is 2. The Morgan fingerprint density at radius 3 is 2.78 bits per heavy atom. The smallest absolute Gasteiger partial charge is 0.228 e. The lowest BCUT2D eigenvalue weighted by Crippen LogP contribution is -2.42. The third-order valence-corrected chi connectivity index (χ3v) is 4.00. The van der Waals surface area contributed by atoms with E-state index in [1.54, 1.807) is 9.80 Å². The highest BCUT2D eigenvalue weighted by Crippen LogP contribution is 2.26. The Morgan fingerprint density at radius 1 is 1.50 bits per heavy atom. The standard InChI is InChI=1S/C13H22N2O3/c1-9(2)15-7-10(6-12(15)17)13(18)14-5-3-4-11(14)8-16/h9-11,16H,3-8H2,1-2H3. The molecule has 2 atom stereocenters. The molecule has 0 bridgehead atoms. The molecule has 0 saturated carbocycles. The van der Waals surface area contributed by atoms with E-state index in [9.17, 15) is 14.7 Å². The largest absolute Gasteiger partial charge is 0.394 e. The molecule has 2 unspecified atom stereocenters. The van der Waals surface area contributed by atoms with Gasteiger partial charge >= 0.3 is 0 Å². The van der Waals surface area contributed by atoms with Crippen LogP contribution in [0.4, 0.5) is 0 Å². The number of carbonyl (C=O) groups is 2. The number of hydrogen-bond donors (Lipinski definition) is 1. The molecule has 0 aliphatic carbocycles. The first-order valence-electron chi connectivity index (χ1n) is 6.75. The quantitative estimate of drug-likeness (QED) is 0.784. The van der Waals surface area contributed by atoms with E-state index in [1.165, 1.54) is 0 Å². The summed E-state index contributed by atoms with van der Waals surface area (Å²) < 4.78 is 0. The predicted octanol–water partition coefficient (Wildman–Crippen LogP) is 0.227. The van der Waals surface area contributed by atoms with Gasteiger partial charge in [-0.25, -0.2) is 0 Å². The van der Waals surface area contributed by atoms with Gasteiger partial charge in [0.15, 0.2) is 0 Å². The van der Waals surface area contributed by atoms with Gasteiger partial charge in [0, 0.05) is 25.6 Å². The zero-order valence-corrected chi connectivity index (χ0v) is 11.1. The minimum Gasteiger partial charge on any atom is -0.394 e. The van der Waals surface area contributed by atoms with Crippen LogP contribution in [0.2, 0.25) is 0 Å². The number of nitrogens with zero attached hydrogens (tertiary/aromatic N) is 2. The Morgan fingerprint density at radius 2 is 2.22 bits per heavy atom. The van der Waals surface area contributed by atoms with Crippen LogP contribution in [0.25, 0.3) is 0 Å². The molecule has 2 saturated heterocycles. The summed E-state index contributed by atoms with van der Waals surface area (Å²) in [6.07, 6.45) is 2.15. The number of rotatable bonds is 3. The molecule has 0 spiro atoms. The maximum absolute atomic E-state index is 12.4. The Balaban J connectivity index is 2.00. The minimum absolute atomic E-state index is 0.0281. The Labute approximate surface area is 108 Å². The average Bonchev–Trinajstić information content (AvgIpc) is 2.93. The summed E-state index contributed by atoms with van der Waals surface area (Å²) in [5.74, 6) is -0.0989. The summed E-state index contributed by atoms with van der Waals surface area (Å²) in [5, 5.41) is 9.25. The highest BCUT2D eigenvalue weighted by atomic mass is 16.3. The second kappa shape index (κ2) is 5.26. The van der Waals surface area contributed by atoms with E-state index < -0.39 is 0 Å². The third kappa shape index (κ3) is 2.36. The van der Waals surface area contributed by atoms with Crippen molar-refractivity contribution in [2.24, 2.45) is 5.92 Å². The monoisotopic (exact) mass is 254 g/mol. The Bertz CT molecular complexity index is 343. The lowest BCUT2D eigenvalue weighted by molar-refractivity contribution is -0.137. The number of aliphatic hydroxyl groups is 1. The van der Waals surface area contributed by atoms with Crippen molar-refractivity contribution in [3.8, 4) is 0 Å². The fourth-order valence-electron chi connectivity index (χ4n) is 2.95. The average molecular weight is 254 g/mol. The minimum atomic E-state index is -0.216. The fraction of sp³-hybridized carbons (Fsp3) is 0.846. The van der Waals surface area contributed by atoms with Crippen molar-refractivity contribution < 1.29 is 14.7 Å². The lowest BCUT2D eigenvalue weighted by Gasteiger charge is -2.26. The molecule has 0 aromatic carbocycles. The summed E-state index contributed by atoms with van der Waals surface area (Å²) >= 11 is 0. The van der Waals surface area contributed by atoms with E-state index in [2.05, 4.69) is 0 Å². The van der Waals surface area contributed by atoms with E-state index >= 15 is 0 Å². The van der Waals surface area contributed by atoms with Crippen LogP contribution in [0.1, 0.15) is 33.1 Å². The molecule has 2 heterocycles. The fourth-order valence-corrected chi connectivity index (χ4v) is 2.95. The summed E-state index contributed by atoms with van der Waals surface area (Å²) in [5.41, 5.74) is 0. The van der Waals surface area contributed by atoms with Crippen LogP contribution in [-0.4, -0.2) is 58.5 Å². The van der Waals surface area contributed by atoms with Gasteiger partial charge in [0.25, 0.3) is 0 Å². The molecule has 2 amide bonds. The van der Waals surface area contributed by atoms with E-state index in [0.717, 1.165) is 19.4 Å². The molecular formula is C13H22N2O3. The first kappa shape index (κ1) is 13.3. The number of likely N-dealkylation sites (tertiary alicyclic amines) is 2. The van der Waals surface area contributed by atoms with Crippen LogP contribution >= 0.6 is 0 Å². The SMILES string of the molecule is CC(C)N1CC(C(=O)N2CCCC2CO)CC1=O. The second-order valence-electron chi connectivity index (χ2n) is 5.55. The molecule has 102 valence electrons. The molecule has 0 radical (unpaired) electrons. The van der Waals surface area contributed by atoms with Crippen molar-refractivity contribution >= 4 is 11.8 Å². The second-order valence-corrected chi connectivity index (χ2v) is 5.55. The molecule has 0 aromatic rings. The van der Waals surface area contributed by atoms with Gasteiger partial charge < -0.3 is 14.9 Å². The predicted molar refractivity (Wildman–Crippen MR) is 66.8 cm³/mol. The normalized spacial score (nSPS) is 28.6. The van der Waals surface area contributed by atoms with E-state index in [0.29, 0.717) is 13.0 Å². The maximum Gasteiger partial charge on any atom is 0.228 e. The van der Waals surface area contributed by atoms with Gasteiger partial charge in [-0.05, 0) is 26.7 Å².